The second-order valence-electron chi connectivity index (χ2n) is 8.14. The summed E-state index contributed by atoms with van der Waals surface area (Å²) in [4.78, 5) is 16.9. The number of nitrogen functional groups attached to an aromatic ring is 1. The van der Waals surface area contributed by atoms with Crippen LogP contribution in [0.2, 0.25) is 0 Å². The van der Waals surface area contributed by atoms with Gasteiger partial charge in [-0.25, -0.2) is 4.68 Å². The van der Waals surface area contributed by atoms with Crippen molar-refractivity contribution in [2.45, 2.75) is 57.2 Å². The predicted molar refractivity (Wildman–Crippen MR) is 126 cm³/mol. The number of ether oxygens (including phenoxy) is 1. The van der Waals surface area contributed by atoms with Crippen LogP contribution >= 0.6 is 11.8 Å². The molecule has 1 aromatic carbocycles. The molecule has 0 aliphatic heterocycles. The van der Waals surface area contributed by atoms with Gasteiger partial charge in [-0.05, 0) is 41.2 Å². The Balaban J connectivity index is 1.60. The Kier molecular flexibility index (Phi) is 8.10. The minimum Gasteiger partial charge on any atom is -0.486 e. The number of hydrogen-bond donors (Lipinski definition) is 2. The highest BCUT2D eigenvalue weighted by atomic mass is 32.2. The van der Waals surface area contributed by atoms with Gasteiger partial charge in [0.05, 0.1) is 5.25 Å². The van der Waals surface area contributed by atoms with Crippen LogP contribution in [-0.2, 0) is 17.9 Å². The average molecular weight is 455 g/mol. The molecular weight excluding hydrogens is 424 g/mol. The largest absolute Gasteiger partial charge is 0.486 e. The summed E-state index contributed by atoms with van der Waals surface area (Å²) in [6, 6.07) is 11.7. The van der Waals surface area contributed by atoms with E-state index in [1.54, 1.807) is 12.4 Å². The van der Waals surface area contributed by atoms with E-state index in [0.29, 0.717) is 23.4 Å². The zero-order chi connectivity index (χ0) is 23.1. The van der Waals surface area contributed by atoms with Gasteiger partial charge in [-0.3, -0.25) is 9.78 Å². The molecular formula is C23H30N6O2S. The molecule has 2 aromatic heterocycles. The molecule has 3 aromatic rings. The van der Waals surface area contributed by atoms with Gasteiger partial charge in [-0.1, -0.05) is 57.7 Å². The maximum Gasteiger partial charge on any atom is 0.234 e. The van der Waals surface area contributed by atoms with E-state index < -0.39 is 0 Å². The molecule has 2 heterocycles. The van der Waals surface area contributed by atoms with E-state index in [2.05, 4.69) is 34.3 Å². The molecule has 1 amide bonds. The lowest BCUT2D eigenvalue weighted by Gasteiger charge is -2.19. The third-order valence-corrected chi connectivity index (χ3v) is 6.44. The van der Waals surface area contributed by atoms with Crippen LogP contribution in [-0.4, -0.2) is 31.0 Å². The second kappa shape index (κ2) is 11.0. The van der Waals surface area contributed by atoms with Gasteiger partial charge in [0.2, 0.25) is 11.1 Å². The standard InChI is InChI=1S/C23H30N6O2S/c1-15(2)18-7-9-19(10-8-18)31-14-20-27-28-23(29(20)24)32-21(16(3)4)22(30)26-13-17-6-5-11-25-12-17/h5-12,15-16,21H,13-14,24H2,1-4H3,(H,26,30). The van der Waals surface area contributed by atoms with E-state index in [1.807, 2.05) is 50.2 Å². The van der Waals surface area contributed by atoms with Crippen molar-refractivity contribution in [2.75, 3.05) is 5.84 Å². The van der Waals surface area contributed by atoms with Crippen LogP contribution in [0.1, 0.15) is 50.6 Å². The quantitative estimate of drug-likeness (QED) is 0.356. The highest BCUT2D eigenvalue weighted by molar-refractivity contribution is 8.00. The van der Waals surface area contributed by atoms with Gasteiger partial charge in [-0.2, -0.15) is 0 Å². The van der Waals surface area contributed by atoms with Crippen molar-refractivity contribution in [2.24, 2.45) is 5.92 Å². The van der Waals surface area contributed by atoms with Crippen molar-refractivity contribution in [3.05, 3.63) is 65.7 Å². The lowest BCUT2D eigenvalue weighted by molar-refractivity contribution is -0.121. The summed E-state index contributed by atoms with van der Waals surface area (Å²) >= 11 is 1.30. The fraction of sp³-hybridized carbons (Fsp3) is 0.391. The molecule has 3 rings (SSSR count). The van der Waals surface area contributed by atoms with Gasteiger partial charge in [-0.15, -0.1) is 10.2 Å². The van der Waals surface area contributed by atoms with Crippen molar-refractivity contribution in [1.29, 1.82) is 0 Å². The van der Waals surface area contributed by atoms with E-state index in [0.717, 1.165) is 11.3 Å². The summed E-state index contributed by atoms with van der Waals surface area (Å²) in [5, 5.41) is 11.4. The van der Waals surface area contributed by atoms with E-state index >= 15 is 0 Å². The monoisotopic (exact) mass is 454 g/mol. The van der Waals surface area contributed by atoms with E-state index in [9.17, 15) is 4.79 Å². The number of nitrogens with two attached hydrogens (primary N) is 1. The summed E-state index contributed by atoms with van der Waals surface area (Å²) in [6.45, 7) is 8.88. The van der Waals surface area contributed by atoms with Crippen LogP contribution in [0.15, 0.2) is 53.9 Å². The Morgan fingerprint density at radius 3 is 2.53 bits per heavy atom. The molecule has 9 heteroatoms. The van der Waals surface area contributed by atoms with Crippen LogP contribution in [0.3, 0.4) is 0 Å². The van der Waals surface area contributed by atoms with E-state index in [1.165, 1.54) is 22.0 Å². The first-order chi connectivity index (χ1) is 15.3. The Bertz CT molecular complexity index is 1010. The number of nitrogens with one attached hydrogen (secondary N) is 1. The zero-order valence-corrected chi connectivity index (χ0v) is 19.7. The number of benzene rings is 1. The fourth-order valence-corrected chi connectivity index (χ4v) is 3.98. The fourth-order valence-electron chi connectivity index (χ4n) is 2.98. The summed E-state index contributed by atoms with van der Waals surface area (Å²) in [5.41, 5.74) is 2.19. The first kappa shape index (κ1) is 23.6. The van der Waals surface area contributed by atoms with Crippen molar-refractivity contribution in [3.8, 4) is 5.75 Å². The Morgan fingerprint density at radius 1 is 1.16 bits per heavy atom. The number of rotatable bonds is 10. The average Bonchev–Trinajstić information content (AvgIpc) is 3.14. The number of aromatic nitrogens is 4. The highest BCUT2D eigenvalue weighted by Gasteiger charge is 2.26. The molecule has 0 bridgehead atoms. The van der Waals surface area contributed by atoms with Crippen LogP contribution in [0, 0.1) is 5.92 Å². The normalized spacial score (nSPS) is 12.2. The Morgan fingerprint density at radius 2 is 1.91 bits per heavy atom. The van der Waals surface area contributed by atoms with Crippen molar-refractivity contribution < 1.29 is 9.53 Å². The number of carbonyl (C=O) groups is 1. The SMILES string of the molecule is CC(C)c1ccc(OCc2nnc(SC(C(=O)NCc3cccnc3)C(C)C)n2N)cc1. The first-order valence-corrected chi connectivity index (χ1v) is 11.5. The number of thioether (sulfide) groups is 1. The summed E-state index contributed by atoms with van der Waals surface area (Å²) in [6.07, 6.45) is 3.44. The number of amides is 1. The summed E-state index contributed by atoms with van der Waals surface area (Å²) in [7, 11) is 0. The zero-order valence-electron chi connectivity index (χ0n) is 18.9. The molecule has 0 fully saturated rings. The lowest BCUT2D eigenvalue weighted by Crippen LogP contribution is -2.35. The topological polar surface area (TPSA) is 108 Å². The highest BCUT2D eigenvalue weighted by Crippen LogP contribution is 2.27. The van der Waals surface area contributed by atoms with Gasteiger partial charge in [0.15, 0.2) is 5.82 Å². The van der Waals surface area contributed by atoms with Gasteiger partial charge >= 0.3 is 0 Å². The van der Waals surface area contributed by atoms with Crippen molar-refractivity contribution in [1.82, 2.24) is 25.2 Å². The third kappa shape index (κ3) is 6.23. The number of pyridine rings is 1. The molecule has 170 valence electrons. The van der Waals surface area contributed by atoms with Crippen LogP contribution < -0.4 is 15.9 Å². The lowest BCUT2D eigenvalue weighted by atomic mass is 10.0. The number of carbonyl (C=O) groups excluding carboxylic acids is 1. The van der Waals surface area contributed by atoms with Crippen molar-refractivity contribution >= 4 is 17.7 Å². The maximum absolute atomic E-state index is 12.8. The Labute approximate surface area is 192 Å². The van der Waals surface area contributed by atoms with Gasteiger partial charge in [0, 0.05) is 18.9 Å². The summed E-state index contributed by atoms with van der Waals surface area (Å²) < 4.78 is 7.20. The van der Waals surface area contributed by atoms with Crippen LogP contribution in [0.5, 0.6) is 5.75 Å². The molecule has 0 saturated heterocycles. The smallest absolute Gasteiger partial charge is 0.234 e. The molecule has 0 radical (unpaired) electrons. The van der Waals surface area contributed by atoms with Crippen LogP contribution in [0.4, 0.5) is 0 Å². The number of hydrogen-bond acceptors (Lipinski definition) is 7. The molecule has 1 atom stereocenters. The van der Waals surface area contributed by atoms with E-state index in [-0.39, 0.29) is 23.7 Å². The molecule has 0 aliphatic carbocycles. The molecule has 0 spiro atoms. The molecule has 0 saturated carbocycles. The predicted octanol–water partition coefficient (Wildman–Crippen LogP) is 3.52. The molecule has 0 aliphatic rings. The van der Waals surface area contributed by atoms with Gasteiger partial charge < -0.3 is 15.9 Å². The van der Waals surface area contributed by atoms with E-state index in [4.69, 9.17) is 10.6 Å². The summed E-state index contributed by atoms with van der Waals surface area (Å²) in [5.74, 6) is 7.87. The Hall–Kier alpha value is -3.07. The molecule has 3 N–H and O–H groups in total. The second-order valence-corrected chi connectivity index (χ2v) is 9.25. The molecule has 1 unspecified atom stereocenters. The minimum atomic E-state index is -0.365. The maximum atomic E-state index is 12.8. The van der Waals surface area contributed by atoms with Gasteiger partial charge in [0.25, 0.3) is 0 Å². The molecule has 8 nitrogen and oxygen atoms in total. The number of nitrogens with zero attached hydrogens (tertiary/aromatic N) is 4. The third-order valence-electron chi connectivity index (χ3n) is 4.94. The first-order valence-electron chi connectivity index (χ1n) is 10.6. The van der Waals surface area contributed by atoms with Crippen molar-refractivity contribution in [3.63, 3.8) is 0 Å². The van der Waals surface area contributed by atoms with Crippen LogP contribution in [0.25, 0.3) is 0 Å². The minimum absolute atomic E-state index is 0.0739. The van der Waals surface area contributed by atoms with Gasteiger partial charge in [0.1, 0.15) is 12.4 Å². The molecule has 32 heavy (non-hydrogen) atoms.